The van der Waals surface area contributed by atoms with Crippen LogP contribution >= 0.6 is 27.5 Å². The van der Waals surface area contributed by atoms with Gasteiger partial charge in [-0.25, -0.2) is 17.6 Å². The molecule has 11 heteroatoms. The minimum Gasteiger partial charge on any atom is -0.505 e. The maximum absolute atomic E-state index is 13.6. The smallest absolute Gasteiger partial charge is 0.339 e. The second-order valence-electron chi connectivity index (χ2n) is 4.68. The van der Waals surface area contributed by atoms with Crippen LogP contribution in [0.25, 0.3) is 0 Å². The Morgan fingerprint density at radius 2 is 1.96 bits per heavy atom. The first kappa shape index (κ1) is 19.3. The lowest BCUT2D eigenvalue weighted by atomic mass is 10.2. The number of sulfonamides is 1. The number of rotatable bonds is 5. The highest BCUT2D eigenvalue weighted by molar-refractivity contribution is 9.10. The molecule has 0 radical (unpaired) electrons. The van der Waals surface area contributed by atoms with E-state index in [0.29, 0.717) is 0 Å². The lowest BCUT2D eigenvalue weighted by Crippen LogP contribution is -2.15. The maximum atomic E-state index is 13.6. The molecule has 0 unspecified atom stereocenters. The molecule has 3 N–H and O–H groups in total. The normalized spacial score (nSPS) is 11.2. The number of phenols is 1. The highest BCUT2D eigenvalue weighted by Gasteiger charge is 2.25. The van der Waals surface area contributed by atoms with Gasteiger partial charge in [0.05, 0.1) is 17.3 Å². The third kappa shape index (κ3) is 3.97. The van der Waals surface area contributed by atoms with Crippen molar-refractivity contribution in [3.05, 3.63) is 45.1 Å². The van der Waals surface area contributed by atoms with E-state index in [1.54, 1.807) is 0 Å². The number of hydrogen-bond donors (Lipinski definition) is 3. The van der Waals surface area contributed by atoms with Crippen molar-refractivity contribution in [1.29, 1.82) is 0 Å². The summed E-state index contributed by atoms with van der Waals surface area (Å²) in [7, 11) is -3.21. The molecule has 0 aromatic heterocycles. The fourth-order valence-electron chi connectivity index (χ4n) is 1.92. The Kier molecular flexibility index (Phi) is 5.45. The molecule has 0 heterocycles. The molecule has 134 valence electrons. The topological polar surface area (TPSA) is 113 Å². The Labute approximate surface area is 155 Å². The summed E-state index contributed by atoms with van der Waals surface area (Å²) in [4.78, 5) is 10.6. The van der Waals surface area contributed by atoms with Gasteiger partial charge in [-0.15, -0.1) is 0 Å². The minimum absolute atomic E-state index is 0.111. The zero-order valence-electron chi connectivity index (χ0n) is 12.4. The molecule has 0 amide bonds. The minimum atomic E-state index is -4.36. The van der Waals surface area contributed by atoms with Crippen molar-refractivity contribution in [2.24, 2.45) is 0 Å². The van der Waals surface area contributed by atoms with Crippen LogP contribution in [-0.2, 0) is 10.0 Å². The van der Waals surface area contributed by atoms with Crippen LogP contribution in [-0.4, -0.2) is 31.7 Å². The molecule has 0 saturated carbocycles. The Balaban J connectivity index is 2.58. The molecule has 0 atom stereocenters. The summed E-state index contributed by atoms with van der Waals surface area (Å²) >= 11 is 8.63. The summed E-state index contributed by atoms with van der Waals surface area (Å²) in [6, 6.07) is 3.83. The predicted molar refractivity (Wildman–Crippen MR) is 91.5 cm³/mol. The molecule has 0 saturated heterocycles. The fraction of sp³-hybridized carbons (Fsp3) is 0.0714. The zero-order chi connectivity index (χ0) is 18.9. The fourth-order valence-corrected chi connectivity index (χ4v) is 3.87. The quantitative estimate of drug-likeness (QED) is 0.597. The lowest BCUT2D eigenvalue weighted by molar-refractivity contribution is 0.0694. The third-order valence-electron chi connectivity index (χ3n) is 3.05. The Morgan fingerprint density at radius 3 is 2.52 bits per heavy atom. The van der Waals surface area contributed by atoms with Crippen LogP contribution in [0.2, 0.25) is 5.02 Å². The molecule has 2 rings (SSSR count). The number of halogens is 3. The number of ether oxygens (including phenoxy) is 1. The van der Waals surface area contributed by atoms with Gasteiger partial charge in [0, 0.05) is 11.1 Å². The molecule has 25 heavy (non-hydrogen) atoms. The SMILES string of the molecule is COc1cc(F)c(Br)cc1S(=O)(=O)Nc1cc(Cl)cc(C(=O)O)c1O. The number of methoxy groups -OCH3 is 1. The van der Waals surface area contributed by atoms with Gasteiger partial charge < -0.3 is 14.9 Å². The Morgan fingerprint density at radius 1 is 1.32 bits per heavy atom. The van der Waals surface area contributed by atoms with Crippen molar-refractivity contribution < 1.29 is 32.6 Å². The lowest BCUT2D eigenvalue weighted by Gasteiger charge is -2.14. The number of nitrogens with one attached hydrogen (secondary N) is 1. The van der Waals surface area contributed by atoms with Crippen LogP contribution in [0.3, 0.4) is 0 Å². The van der Waals surface area contributed by atoms with E-state index < -0.39 is 43.7 Å². The van der Waals surface area contributed by atoms with Crippen molar-refractivity contribution in [3.63, 3.8) is 0 Å². The number of anilines is 1. The van der Waals surface area contributed by atoms with Crippen LogP contribution in [0.5, 0.6) is 11.5 Å². The van der Waals surface area contributed by atoms with E-state index in [0.717, 1.165) is 31.4 Å². The highest BCUT2D eigenvalue weighted by Crippen LogP contribution is 2.36. The van der Waals surface area contributed by atoms with Crippen LogP contribution in [0.15, 0.2) is 33.6 Å². The van der Waals surface area contributed by atoms with Crippen LogP contribution in [0.4, 0.5) is 10.1 Å². The third-order valence-corrected chi connectivity index (χ3v) is 5.26. The van der Waals surface area contributed by atoms with E-state index in [4.69, 9.17) is 21.4 Å². The largest absolute Gasteiger partial charge is 0.505 e. The maximum Gasteiger partial charge on any atom is 0.339 e. The van der Waals surface area contributed by atoms with E-state index in [-0.39, 0.29) is 15.2 Å². The predicted octanol–water partition coefficient (Wildman–Crippen LogP) is 3.45. The molecular formula is C14H10BrClFNO6S. The van der Waals surface area contributed by atoms with Gasteiger partial charge in [-0.05, 0) is 34.1 Å². The molecular weight excluding hydrogens is 445 g/mol. The van der Waals surface area contributed by atoms with Gasteiger partial charge in [0.1, 0.15) is 22.0 Å². The van der Waals surface area contributed by atoms with Gasteiger partial charge in [0.2, 0.25) is 0 Å². The standard InChI is InChI=1S/C14H10BrClFNO6S/c1-24-11-5-9(17)8(15)4-12(11)25(22,23)18-10-3-6(16)2-7(13(10)19)14(20)21/h2-5,18-19H,1H3,(H,20,21). The van der Waals surface area contributed by atoms with Crippen molar-refractivity contribution in [1.82, 2.24) is 0 Å². The van der Waals surface area contributed by atoms with Crippen LogP contribution in [0.1, 0.15) is 10.4 Å². The Hall–Kier alpha value is -2.04. The van der Waals surface area contributed by atoms with Gasteiger partial charge in [-0.2, -0.15) is 0 Å². The number of hydrogen-bond acceptors (Lipinski definition) is 5. The van der Waals surface area contributed by atoms with Crippen LogP contribution in [0, 0.1) is 5.82 Å². The zero-order valence-corrected chi connectivity index (χ0v) is 15.5. The monoisotopic (exact) mass is 453 g/mol. The molecule has 2 aromatic rings. The van der Waals surface area contributed by atoms with Crippen molar-refractivity contribution in [2.75, 3.05) is 11.8 Å². The van der Waals surface area contributed by atoms with Gasteiger partial charge in [0.25, 0.3) is 10.0 Å². The number of carbonyl (C=O) groups is 1. The van der Waals surface area contributed by atoms with Crippen molar-refractivity contribution >= 4 is 49.2 Å². The molecule has 0 spiro atoms. The average Bonchev–Trinajstić information content (AvgIpc) is 2.52. The summed E-state index contributed by atoms with van der Waals surface area (Å²) in [5.41, 5.74) is -1.04. The second kappa shape index (κ2) is 7.06. The van der Waals surface area contributed by atoms with Crippen LogP contribution < -0.4 is 9.46 Å². The molecule has 7 nitrogen and oxygen atoms in total. The number of aromatic carboxylic acids is 1. The van der Waals surface area contributed by atoms with Gasteiger partial charge in [-0.3, -0.25) is 4.72 Å². The summed E-state index contributed by atoms with van der Waals surface area (Å²) < 4.78 is 45.4. The van der Waals surface area contributed by atoms with E-state index >= 15 is 0 Å². The molecule has 0 fully saturated rings. The van der Waals surface area contributed by atoms with Gasteiger partial charge in [0.15, 0.2) is 5.75 Å². The summed E-state index contributed by atoms with van der Waals surface area (Å²) in [6.07, 6.45) is 0. The number of carboxylic acid groups (broad SMARTS) is 1. The van der Waals surface area contributed by atoms with E-state index in [2.05, 4.69) is 15.9 Å². The molecule has 0 aliphatic heterocycles. The van der Waals surface area contributed by atoms with E-state index in [9.17, 15) is 22.7 Å². The average molecular weight is 455 g/mol. The van der Waals surface area contributed by atoms with E-state index in [1.807, 2.05) is 4.72 Å². The summed E-state index contributed by atoms with van der Waals surface area (Å²) in [5.74, 6) is -3.34. The first-order chi connectivity index (χ1) is 11.6. The van der Waals surface area contributed by atoms with Crippen molar-refractivity contribution in [2.45, 2.75) is 4.90 Å². The second-order valence-corrected chi connectivity index (χ2v) is 7.62. The number of carboxylic acids is 1. The molecule has 0 bridgehead atoms. The molecule has 0 aliphatic rings. The first-order valence-electron chi connectivity index (χ1n) is 6.38. The van der Waals surface area contributed by atoms with Gasteiger partial charge in [-0.1, -0.05) is 11.6 Å². The van der Waals surface area contributed by atoms with Crippen molar-refractivity contribution in [3.8, 4) is 11.5 Å². The molecule has 0 aliphatic carbocycles. The summed E-state index contributed by atoms with van der Waals surface area (Å²) in [6.45, 7) is 0. The number of aromatic hydroxyl groups is 1. The summed E-state index contributed by atoms with van der Waals surface area (Å²) in [5, 5.41) is 18.9. The highest BCUT2D eigenvalue weighted by atomic mass is 79.9. The Bertz CT molecular complexity index is 966. The van der Waals surface area contributed by atoms with E-state index in [1.165, 1.54) is 0 Å². The number of benzene rings is 2. The molecule has 2 aromatic carbocycles. The van der Waals surface area contributed by atoms with Gasteiger partial charge >= 0.3 is 5.97 Å². The first-order valence-corrected chi connectivity index (χ1v) is 9.04.